The van der Waals surface area contributed by atoms with Crippen LogP contribution in [0.3, 0.4) is 0 Å². The maximum atomic E-state index is 9.38. The highest BCUT2D eigenvalue weighted by Gasteiger charge is 2.08. The fourth-order valence-corrected chi connectivity index (χ4v) is 2.43. The van der Waals surface area contributed by atoms with Crippen LogP contribution in [0.15, 0.2) is 34.1 Å². The van der Waals surface area contributed by atoms with Crippen molar-refractivity contribution in [3.05, 3.63) is 39.1 Å². The fraction of sp³-hybridized carbons (Fsp3) is 0.182. The van der Waals surface area contributed by atoms with E-state index in [0.29, 0.717) is 0 Å². The Morgan fingerprint density at radius 1 is 1.47 bits per heavy atom. The Hall–Kier alpha value is -0.710. The summed E-state index contributed by atoms with van der Waals surface area (Å²) in [6.45, 7) is 1.73. The summed E-state index contributed by atoms with van der Waals surface area (Å²) in [5.74, 6) is 0. The van der Waals surface area contributed by atoms with Gasteiger partial charge in [-0.05, 0) is 19.1 Å². The third kappa shape index (κ3) is 2.45. The molecule has 0 aliphatic rings. The lowest BCUT2D eigenvalue weighted by Gasteiger charge is -1.98. The van der Waals surface area contributed by atoms with Crippen LogP contribution in [0.25, 0.3) is 11.3 Å². The van der Waals surface area contributed by atoms with E-state index in [4.69, 9.17) is 0 Å². The SMILES string of the molecule is CC(O)c1nc(-c2cccc(Br)c2)cs1. The Kier molecular flexibility index (Phi) is 3.19. The van der Waals surface area contributed by atoms with Gasteiger partial charge in [-0.2, -0.15) is 0 Å². The molecule has 2 nitrogen and oxygen atoms in total. The molecule has 1 aromatic heterocycles. The number of aliphatic hydroxyl groups excluding tert-OH is 1. The second kappa shape index (κ2) is 4.43. The van der Waals surface area contributed by atoms with Crippen LogP contribution in [0.1, 0.15) is 18.0 Å². The molecule has 0 spiro atoms. The number of aliphatic hydroxyl groups is 1. The molecule has 0 aliphatic heterocycles. The van der Waals surface area contributed by atoms with E-state index in [9.17, 15) is 5.11 Å². The zero-order chi connectivity index (χ0) is 10.8. The monoisotopic (exact) mass is 283 g/mol. The molecule has 1 aromatic carbocycles. The molecule has 0 fully saturated rings. The van der Waals surface area contributed by atoms with Gasteiger partial charge in [0.05, 0.1) is 5.69 Å². The van der Waals surface area contributed by atoms with Crippen LogP contribution in [0.5, 0.6) is 0 Å². The molecule has 0 radical (unpaired) electrons. The van der Waals surface area contributed by atoms with Crippen LogP contribution in [-0.2, 0) is 0 Å². The van der Waals surface area contributed by atoms with Crippen molar-refractivity contribution in [2.24, 2.45) is 0 Å². The number of thiazole rings is 1. The van der Waals surface area contributed by atoms with Crippen molar-refractivity contribution in [3.63, 3.8) is 0 Å². The van der Waals surface area contributed by atoms with Crippen molar-refractivity contribution in [2.45, 2.75) is 13.0 Å². The van der Waals surface area contributed by atoms with Crippen molar-refractivity contribution >= 4 is 27.3 Å². The Bertz CT molecular complexity index is 467. The highest BCUT2D eigenvalue weighted by molar-refractivity contribution is 9.10. The van der Waals surface area contributed by atoms with Crippen molar-refractivity contribution in [2.75, 3.05) is 0 Å². The van der Waals surface area contributed by atoms with Crippen LogP contribution in [0.2, 0.25) is 0 Å². The average molecular weight is 284 g/mol. The van der Waals surface area contributed by atoms with Crippen LogP contribution >= 0.6 is 27.3 Å². The van der Waals surface area contributed by atoms with E-state index in [1.165, 1.54) is 11.3 Å². The molecule has 1 N–H and O–H groups in total. The lowest BCUT2D eigenvalue weighted by atomic mass is 10.2. The molecular formula is C11H10BrNOS. The molecule has 0 amide bonds. The molecule has 1 heterocycles. The summed E-state index contributed by atoms with van der Waals surface area (Å²) in [5, 5.41) is 12.1. The van der Waals surface area contributed by atoms with Crippen LogP contribution in [0.4, 0.5) is 0 Å². The topological polar surface area (TPSA) is 33.1 Å². The first kappa shape index (κ1) is 10.8. The molecule has 2 rings (SSSR count). The zero-order valence-corrected chi connectivity index (χ0v) is 10.5. The number of benzene rings is 1. The van der Waals surface area contributed by atoms with Gasteiger partial charge < -0.3 is 5.11 Å². The van der Waals surface area contributed by atoms with Gasteiger partial charge >= 0.3 is 0 Å². The normalized spacial score (nSPS) is 12.7. The number of hydrogen-bond acceptors (Lipinski definition) is 3. The molecule has 15 heavy (non-hydrogen) atoms. The molecule has 0 bridgehead atoms. The lowest BCUT2D eigenvalue weighted by Crippen LogP contribution is -1.89. The third-order valence-electron chi connectivity index (χ3n) is 2.00. The predicted molar refractivity (Wildman–Crippen MR) is 65.9 cm³/mol. The van der Waals surface area contributed by atoms with Crippen LogP contribution in [0, 0.1) is 0 Å². The molecule has 2 aromatic rings. The minimum Gasteiger partial charge on any atom is -0.386 e. The quantitative estimate of drug-likeness (QED) is 0.913. The van der Waals surface area contributed by atoms with Gasteiger partial charge in [0, 0.05) is 15.4 Å². The standard InChI is InChI=1S/C11H10BrNOS/c1-7(14)11-13-10(6-15-11)8-3-2-4-9(12)5-8/h2-7,14H,1H3. The third-order valence-corrected chi connectivity index (χ3v) is 3.51. The number of halogens is 1. The molecule has 0 saturated heterocycles. The first-order valence-corrected chi connectivity index (χ1v) is 6.23. The van der Waals surface area contributed by atoms with Crippen LogP contribution < -0.4 is 0 Å². The van der Waals surface area contributed by atoms with Gasteiger partial charge in [0.25, 0.3) is 0 Å². The molecule has 0 saturated carbocycles. The number of nitrogens with zero attached hydrogens (tertiary/aromatic N) is 1. The van der Waals surface area contributed by atoms with E-state index in [-0.39, 0.29) is 0 Å². The predicted octanol–water partition coefficient (Wildman–Crippen LogP) is 3.63. The highest BCUT2D eigenvalue weighted by atomic mass is 79.9. The zero-order valence-electron chi connectivity index (χ0n) is 8.14. The first-order chi connectivity index (χ1) is 7.16. The molecule has 0 aliphatic carbocycles. The van der Waals surface area contributed by atoms with E-state index in [1.54, 1.807) is 6.92 Å². The summed E-state index contributed by atoms with van der Waals surface area (Å²) >= 11 is 4.90. The molecule has 78 valence electrons. The second-order valence-corrected chi connectivity index (χ2v) is 5.06. The summed E-state index contributed by atoms with van der Waals surface area (Å²) < 4.78 is 1.03. The second-order valence-electron chi connectivity index (χ2n) is 3.26. The van der Waals surface area contributed by atoms with E-state index in [0.717, 1.165) is 20.7 Å². The fourth-order valence-electron chi connectivity index (χ4n) is 1.26. The minimum atomic E-state index is -0.490. The van der Waals surface area contributed by atoms with Crippen molar-refractivity contribution in [3.8, 4) is 11.3 Å². The van der Waals surface area contributed by atoms with E-state index in [2.05, 4.69) is 20.9 Å². The Morgan fingerprint density at radius 2 is 2.27 bits per heavy atom. The van der Waals surface area contributed by atoms with Gasteiger partial charge in [0.2, 0.25) is 0 Å². The maximum absolute atomic E-state index is 9.38. The van der Waals surface area contributed by atoms with Gasteiger partial charge in [0.15, 0.2) is 0 Å². The van der Waals surface area contributed by atoms with Gasteiger partial charge in [-0.15, -0.1) is 11.3 Å². The van der Waals surface area contributed by atoms with Gasteiger partial charge in [-0.25, -0.2) is 4.98 Å². The first-order valence-electron chi connectivity index (χ1n) is 4.56. The van der Waals surface area contributed by atoms with E-state index < -0.39 is 6.10 Å². The Morgan fingerprint density at radius 3 is 2.87 bits per heavy atom. The number of hydrogen-bond donors (Lipinski definition) is 1. The van der Waals surface area contributed by atoms with E-state index >= 15 is 0 Å². The van der Waals surface area contributed by atoms with E-state index in [1.807, 2.05) is 29.6 Å². The average Bonchev–Trinajstić information content (AvgIpc) is 2.66. The summed E-state index contributed by atoms with van der Waals surface area (Å²) in [6, 6.07) is 7.97. The number of aromatic nitrogens is 1. The van der Waals surface area contributed by atoms with Crippen molar-refractivity contribution in [1.29, 1.82) is 0 Å². The van der Waals surface area contributed by atoms with Crippen LogP contribution in [-0.4, -0.2) is 10.1 Å². The van der Waals surface area contributed by atoms with Gasteiger partial charge in [-0.1, -0.05) is 28.1 Å². The summed E-state index contributed by atoms with van der Waals surface area (Å²) in [4.78, 5) is 4.37. The smallest absolute Gasteiger partial charge is 0.122 e. The summed E-state index contributed by atoms with van der Waals surface area (Å²) in [5.41, 5.74) is 1.98. The molecule has 4 heteroatoms. The minimum absolute atomic E-state index is 0.490. The van der Waals surface area contributed by atoms with Crippen molar-refractivity contribution in [1.82, 2.24) is 4.98 Å². The lowest BCUT2D eigenvalue weighted by molar-refractivity contribution is 0.199. The summed E-state index contributed by atoms with van der Waals surface area (Å²) in [6.07, 6.45) is -0.490. The Balaban J connectivity index is 2.37. The maximum Gasteiger partial charge on any atom is 0.122 e. The largest absolute Gasteiger partial charge is 0.386 e. The molecule has 1 atom stereocenters. The summed E-state index contributed by atoms with van der Waals surface area (Å²) in [7, 11) is 0. The molecular weight excluding hydrogens is 274 g/mol. The van der Waals surface area contributed by atoms with Crippen molar-refractivity contribution < 1.29 is 5.11 Å². The van der Waals surface area contributed by atoms with Gasteiger partial charge in [-0.3, -0.25) is 0 Å². The number of rotatable bonds is 2. The highest BCUT2D eigenvalue weighted by Crippen LogP contribution is 2.26. The van der Waals surface area contributed by atoms with Gasteiger partial charge in [0.1, 0.15) is 11.1 Å². The Labute approximate surface area is 101 Å². The molecule has 1 unspecified atom stereocenters.